The maximum Gasteiger partial charge on any atom is 0.260 e. The van der Waals surface area contributed by atoms with E-state index in [1.165, 1.54) is 12.1 Å². The van der Waals surface area contributed by atoms with E-state index >= 15 is 0 Å². The van der Waals surface area contributed by atoms with Crippen molar-refractivity contribution in [2.24, 2.45) is 5.73 Å². The van der Waals surface area contributed by atoms with Crippen molar-refractivity contribution in [3.8, 4) is 5.75 Å². The minimum Gasteiger partial charge on any atom is -0.478 e. The summed E-state index contributed by atoms with van der Waals surface area (Å²) in [6.45, 7) is 6.10. The number of hydrogen-bond acceptors (Lipinski definition) is 3. The van der Waals surface area contributed by atoms with Gasteiger partial charge < -0.3 is 15.8 Å². The van der Waals surface area contributed by atoms with E-state index in [1.807, 2.05) is 0 Å². The lowest BCUT2D eigenvalue weighted by molar-refractivity contribution is -0.127. The van der Waals surface area contributed by atoms with E-state index in [0.29, 0.717) is 12.1 Å². The molecular weight excluding hydrogens is 271 g/mol. The first kappa shape index (κ1) is 17.4. The number of nitrogens with one attached hydrogen (secondary N) is 1. The first-order valence-corrected chi connectivity index (χ1v) is 7.45. The number of carbonyl (C=O) groups excluding carboxylic acids is 1. The quantitative estimate of drug-likeness (QED) is 0.725. The third-order valence-corrected chi connectivity index (χ3v) is 3.23. The largest absolute Gasteiger partial charge is 0.478 e. The van der Waals surface area contributed by atoms with Crippen LogP contribution in [0.3, 0.4) is 0 Å². The molecule has 2 atom stereocenters. The summed E-state index contributed by atoms with van der Waals surface area (Å²) in [5, 5.41) is 2.78. The molecular formula is C16H25FN2O2. The predicted octanol–water partition coefficient (Wildman–Crippen LogP) is 2.92. The van der Waals surface area contributed by atoms with Crippen molar-refractivity contribution >= 4 is 5.91 Å². The Labute approximate surface area is 125 Å². The summed E-state index contributed by atoms with van der Waals surface area (Å²) in [5.41, 5.74) is 6.38. The normalized spacial score (nSPS) is 13.6. The monoisotopic (exact) mass is 296 g/mol. The Kier molecular flexibility index (Phi) is 7.15. The Balaban J connectivity index is 2.54. The molecule has 4 nitrogen and oxygen atoms in total. The van der Waals surface area contributed by atoms with Gasteiger partial charge >= 0.3 is 0 Å². The van der Waals surface area contributed by atoms with Gasteiger partial charge in [-0.25, -0.2) is 4.39 Å². The zero-order chi connectivity index (χ0) is 15.8. The maximum atomic E-state index is 13.9. The molecule has 0 aromatic heterocycles. The predicted molar refractivity (Wildman–Crippen MR) is 81.6 cm³/mol. The van der Waals surface area contributed by atoms with Gasteiger partial charge in [-0.15, -0.1) is 0 Å². The minimum absolute atomic E-state index is 0.0654. The number of unbranched alkanes of at least 4 members (excludes halogenated alkanes) is 2. The molecule has 0 heterocycles. The van der Waals surface area contributed by atoms with Crippen LogP contribution in [0.25, 0.3) is 0 Å². The number of halogens is 1. The SMILES string of the molecule is CCCCCNC(=O)C(C)Oc1ccc([C@H](C)N)cc1F. The summed E-state index contributed by atoms with van der Waals surface area (Å²) in [5.74, 6) is -0.673. The molecule has 21 heavy (non-hydrogen) atoms. The zero-order valence-corrected chi connectivity index (χ0v) is 13.0. The van der Waals surface area contributed by atoms with Crippen LogP contribution in [0, 0.1) is 5.82 Å². The number of rotatable bonds is 8. The molecule has 0 aliphatic rings. The van der Waals surface area contributed by atoms with E-state index in [9.17, 15) is 9.18 Å². The second kappa shape index (κ2) is 8.62. The highest BCUT2D eigenvalue weighted by molar-refractivity contribution is 5.80. The molecule has 0 spiro atoms. The van der Waals surface area contributed by atoms with Gasteiger partial charge in [-0.2, -0.15) is 0 Å². The highest BCUT2D eigenvalue weighted by Gasteiger charge is 2.16. The molecule has 0 saturated carbocycles. The summed E-state index contributed by atoms with van der Waals surface area (Å²) in [6.07, 6.45) is 2.37. The second-order valence-electron chi connectivity index (χ2n) is 5.24. The molecule has 118 valence electrons. The van der Waals surface area contributed by atoms with Crippen LogP contribution in [0.4, 0.5) is 4.39 Å². The molecule has 0 bridgehead atoms. The van der Waals surface area contributed by atoms with Crippen LogP contribution >= 0.6 is 0 Å². The second-order valence-corrected chi connectivity index (χ2v) is 5.24. The molecule has 1 unspecified atom stereocenters. The molecule has 1 aromatic rings. The van der Waals surface area contributed by atoms with Crippen LogP contribution in [0.2, 0.25) is 0 Å². The molecule has 5 heteroatoms. The fourth-order valence-corrected chi connectivity index (χ4v) is 1.87. The number of ether oxygens (including phenoxy) is 1. The number of carbonyl (C=O) groups is 1. The Morgan fingerprint density at radius 1 is 1.38 bits per heavy atom. The summed E-state index contributed by atoms with van der Waals surface area (Å²) in [7, 11) is 0. The van der Waals surface area contributed by atoms with Gasteiger partial charge in [0, 0.05) is 12.6 Å². The molecule has 0 fully saturated rings. The smallest absolute Gasteiger partial charge is 0.260 e. The molecule has 3 N–H and O–H groups in total. The van der Waals surface area contributed by atoms with Gasteiger partial charge in [-0.05, 0) is 38.0 Å². The van der Waals surface area contributed by atoms with Crippen LogP contribution in [0.1, 0.15) is 51.6 Å². The molecule has 0 radical (unpaired) electrons. The van der Waals surface area contributed by atoms with Crippen molar-refractivity contribution in [3.05, 3.63) is 29.6 Å². The van der Waals surface area contributed by atoms with Crippen LogP contribution in [0.15, 0.2) is 18.2 Å². The van der Waals surface area contributed by atoms with E-state index in [-0.39, 0.29) is 17.7 Å². The Morgan fingerprint density at radius 2 is 2.10 bits per heavy atom. The van der Waals surface area contributed by atoms with Gasteiger partial charge in [0.2, 0.25) is 0 Å². The zero-order valence-electron chi connectivity index (χ0n) is 13.0. The summed E-state index contributed by atoms with van der Waals surface area (Å²) in [6, 6.07) is 4.31. The highest BCUT2D eigenvalue weighted by atomic mass is 19.1. The molecule has 1 rings (SSSR count). The third-order valence-electron chi connectivity index (χ3n) is 3.23. The first-order valence-electron chi connectivity index (χ1n) is 7.45. The van der Waals surface area contributed by atoms with Crippen LogP contribution in [-0.4, -0.2) is 18.6 Å². The summed E-state index contributed by atoms with van der Waals surface area (Å²) in [4.78, 5) is 11.8. The van der Waals surface area contributed by atoms with E-state index in [4.69, 9.17) is 10.5 Å². The van der Waals surface area contributed by atoms with Gasteiger partial charge in [-0.3, -0.25) is 4.79 Å². The lowest BCUT2D eigenvalue weighted by Gasteiger charge is -2.16. The van der Waals surface area contributed by atoms with Crippen molar-refractivity contribution in [2.45, 2.75) is 52.2 Å². The molecule has 0 saturated heterocycles. The Hall–Kier alpha value is -1.62. The lowest BCUT2D eigenvalue weighted by Crippen LogP contribution is -2.37. The van der Waals surface area contributed by atoms with Crippen molar-refractivity contribution in [2.75, 3.05) is 6.54 Å². The molecule has 0 aliphatic carbocycles. The number of amides is 1. The molecule has 1 amide bonds. The van der Waals surface area contributed by atoms with Crippen molar-refractivity contribution in [1.29, 1.82) is 0 Å². The molecule has 1 aromatic carbocycles. The van der Waals surface area contributed by atoms with E-state index in [1.54, 1.807) is 19.9 Å². The van der Waals surface area contributed by atoms with Gasteiger partial charge in [0.25, 0.3) is 5.91 Å². The fraction of sp³-hybridized carbons (Fsp3) is 0.562. The van der Waals surface area contributed by atoms with Crippen LogP contribution in [-0.2, 0) is 4.79 Å². The van der Waals surface area contributed by atoms with Gasteiger partial charge in [0.15, 0.2) is 17.7 Å². The number of benzene rings is 1. The molecule has 0 aliphatic heterocycles. The van der Waals surface area contributed by atoms with Gasteiger partial charge in [0.05, 0.1) is 0 Å². The standard InChI is InChI=1S/C16H25FN2O2/c1-4-5-6-9-19-16(20)12(3)21-15-8-7-13(11(2)18)10-14(15)17/h7-8,10-12H,4-6,9,18H2,1-3H3,(H,19,20)/t11-,12?/m0/s1. The van der Waals surface area contributed by atoms with E-state index in [2.05, 4.69) is 12.2 Å². The lowest BCUT2D eigenvalue weighted by atomic mass is 10.1. The Bertz CT molecular complexity index is 464. The third kappa shape index (κ3) is 5.71. The van der Waals surface area contributed by atoms with Crippen molar-refractivity contribution < 1.29 is 13.9 Å². The van der Waals surface area contributed by atoms with Crippen molar-refractivity contribution in [1.82, 2.24) is 5.32 Å². The summed E-state index contributed by atoms with van der Waals surface area (Å²) >= 11 is 0. The van der Waals surface area contributed by atoms with Crippen molar-refractivity contribution in [3.63, 3.8) is 0 Å². The average molecular weight is 296 g/mol. The maximum absolute atomic E-state index is 13.9. The van der Waals surface area contributed by atoms with Crippen LogP contribution < -0.4 is 15.8 Å². The summed E-state index contributed by atoms with van der Waals surface area (Å²) < 4.78 is 19.2. The first-order chi connectivity index (χ1) is 9.95. The Morgan fingerprint density at radius 3 is 2.67 bits per heavy atom. The van der Waals surface area contributed by atoms with Crippen LogP contribution in [0.5, 0.6) is 5.75 Å². The average Bonchev–Trinajstić information content (AvgIpc) is 2.45. The number of hydrogen-bond donors (Lipinski definition) is 2. The topological polar surface area (TPSA) is 64.3 Å². The van der Waals surface area contributed by atoms with Gasteiger partial charge in [-0.1, -0.05) is 25.8 Å². The number of nitrogens with two attached hydrogens (primary N) is 1. The van der Waals surface area contributed by atoms with E-state index in [0.717, 1.165) is 19.3 Å². The van der Waals surface area contributed by atoms with E-state index < -0.39 is 11.9 Å². The highest BCUT2D eigenvalue weighted by Crippen LogP contribution is 2.22. The fourth-order valence-electron chi connectivity index (χ4n) is 1.87. The minimum atomic E-state index is -0.734. The van der Waals surface area contributed by atoms with Gasteiger partial charge in [0.1, 0.15) is 0 Å².